The fourth-order valence-corrected chi connectivity index (χ4v) is 3.38. The molecule has 0 unspecified atom stereocenters. The molecule has 118 valence electrons. The zero-order chi connectivity index (χ0) is 16.2. The average Bonchev–Trinajstić information content (AvgIpc) is 2.45. The van der Waals surface area contributed by atoms with Gasteiger partial charge in [0.05, 0.1) is 4.90 Å². The normalized spacial score (nSPS) is 13.2. The number of rotatable bonds is 7. The predicted molar refractivity (Wildman–Crippen MR) is 89.2 cm³/mol. The Morgan fingerprint density at radius 3 is 2.82 bits per heavy atom. The second-order valence-electron chi connectivity index (χ2n) is 5.49. The highest BCUT2D eigenvalue weighted by Crippen LogP contribution is 2.18. The van der Waals surface area contributed by atoms with Gasteiger partial charge in [-0.05, 0) is 37.4 Å². The van der Waals surface area contributed by atoms with Gasteiger partial charge in [0.15, 0.2) is 0 Å². The lowest BCUT2D eigenvalue weighted by atomic mass is 10.2. The van der Waals surface area contributed by atoms with Crippen LogP contribution in [0.1, 0.15) is 13.8 Å². The summed E-state index contributed by atoms with van der Waals surface area (Å²) in [6.07, 6.45) is 3.36. The molecule has 6 heteroatoms. The molecule has 0 fully saturated rings. The van der Waals surface area contributed by atoms with Crippen molar-refractivity contribution in [3.63, 3.8) is 0 Å². The summed E-state index contributed by atoms with van der Waals surface area (Å²) in [6.45, 7) is 8.77. The number of nitrogens with one attached hydrogen (secondary N) is 2. The van der Waals surface area contributed by atoms with Crippen molar-refractivity contribution < 1.29 is 8.42 Å². The molecule has 0 radical (unpaired) electrons. The summed E-state index contributed by atoms with van der Waals surface area (Å²) >= 11 is 0. The first-order chi connectivity index (χ1) is 10.4. The highest BCUT2D eigenvalue weighted by molar-refractivity contribution is 7.89. The Morgan fingerprint density at radius 2 is 2.09 bits per heavy atom. The second-order valence-corrected chi connectivity index (χ2v) is 7.21. The third kappa shape index (κ3) is 4.37. The van der Waals surface area contributed by atoms with Gasteiger partial charge >= 0.3 is 0 Å². The minimum atomic E-state index is -3.53. The van der Waals surface area contributed by atoms with E-state index in [-0.39, 0.29) is 10.9 Å². The molecule has 0 aliphatic rings. The first-order valence-corrected chi connectivity index (χ1v) is 8.58. The molecule has 0 spiro atoms. The van der Waals surface area contributed by atoms with Crippen molar-refractivity contribution in [3.05, 3.63) is 48.8 Å². The Hall–Kier alpha value is -1.76. The van der Waals surface area contributed by atoms with Gasteiger partial charge in [-0.1, -0.05) is 18.2 Å². The molecule has 22 heavy (non-hydrogen) atoms. The van der Waals surface area contributed by atoms with E-state index in [4.69, 9.17) is 0 Å². The molecule has 0 saturated carbocycles. The van der Waals surface area contributed by atoms with Gasteiger partial charge in [0.1, 0.15) is 0 Å². The summed E-state index contributed by atoms with van der Waals surface area (Å²) in [5.41, 5.74) is 1.01. The minimum Gasteiger partial charge on any atom is -0.311 e. The number of pyridine rings is 1. The fourth-order valence-electron chi connectivity index (χ4n) is 2.11. The summed E-state index contributed by atoms with van der Waals surface area (Å²) in [4.78, 5) is 4.28. The lowest BCUT2D eigenvalue weighted by Gasteiger charge is -2.15. The molecule has 2 rings (SSSR count). The van der Waals surface area contributed by atoms with Crippen molar-refractivity contribution >= 4 is 20.8 Å². The van der Waals surface area contributed by atoms with Crippen molar-refractivity contribution in [2.24, 2.45) is 0 Å². The highest BCUT2D eigenvalue weighted by Gasteiger charge is 2.17. The highest BCUT2D eigenvalue weighted by atomic mass is 32.2. The summed E-state index contributed by atoms with van der Waals surface area (Å²) in [6, 6.07) is 6.61. The van der Waals surface area contributed by atoms with Crippen LogP contribution in [0.4, 0.5) is 0 Å². The lowest BCUT2D eigenvalue weighted by molar-refractivity contribution is 0.544. The summed E-state index contributed by atoms with van der Waals surface area (Å²) in [5, 5.41) is 4.92. The molecule has 2 N–H and O–H groups in total. The lowest BCUT2D eigenvalue weighted by Crippen LogP contribution is -2.40. The standard InChI is InChI=1S/C16H21N3O2S/c1-12(2)9-18-10-13(3)19-22(20,21)16-5-4-15-11-17-7-6-14(15)8-16/h4-8,11,13,18-19H,1,9-10H2,2-3H3/t13-/m1/s1. The van der Waals surface area contributed by atoms with Gasteiger partial charge in [0.25, 0.3) is 0 Å². The third-order valence-corrected chi connectivity index (χ3v) is 4.74. The maximum absolute atomic E-state index is 12.4. The largest absolute Gasteiger partial charge is 0.311 e. The first-order valence-electron chi connectivity index (χ1n) is 7.10. The number of sulfonamides is 1. The van der Waals surface area contributed by atoms with Gasteiger partial charge < -0.3 is 5.32 Å². The summed E-state index contributed by atoms with van der Waals surface area (Å²) < 4.78 is 27.5. The zero-order valence-corrected chi connectivity index (χ0v) is 13.7. The Balaban J connectivity index is 2.09. The van der Waals surface area contributed by atoms with Gasteiger partial charge in [0.2, 0.25) is 10.0 Å². The predicted octanol–water partition coefficient (Wildman–Crippen LogP) is 2.07. The van der Waals surface area contributed by atoms with E-state index in [2.05, 4.69) is 21.6 Å². The maximum Gasteiger partial charge on any atom is 0.240 e. The molecule has 0 amide bonds. The quantitative estimate of drug-likeness (QED) is 0.767. The summed E-state index contributed by atoms with van der Waals surface area (Å²) in [5.74, 6) is 0. The van der Waals surface area contributed by atoms with Crippen molar-refractivity contribution in [2.75, 3.05) is 13.1 Å². The molecule has 0 saturated heterocycles. The van der Waals surface area contributed by atoms with E-state index in [1.165, 1.54) is 0 Å². The van der Waals surface area contributed by atoms with E-state index in [9.17, 15) is 8.42 Å². The molecular weight excluding hydrogens is 298 g/mol. The molecule has 1 heterocycles. The molecule has 5 nitrogen and oxygen atoms in total. The van der Waals surface area contributed by atoms with Crippen LogP contribution in [-0.2, 0) is 10.0 Å². The number of hydrogen-bond donors (Lipinski definition) is 2. The third-order valence-electron chi connectivity index (χ3n) is 3.16. The number of nitrogens with zero attached hydrogens (tertiary/aromatic N) is 1. The Labute approximate surface area is 131 Å². The van der Waals surface area contributed by atoms with Crippen LogP contribution < -0.4 is 10.0 Å². The monoisotopic (exact) mass is 319 g/mol. The topological polar surface area (TPSA) is 71.1 Å². The molecule has 0 aliphatic carbocycles. The van der Waals surface area contributed by atoms with Crippen LogP contribution in [0.2, 0.25) is 0 Å². The molecule has 1 atom stereocenters. The van der Waals surface area contributed by atoms with Crippen LogP contribution in [0.5, 0.6) is 0 Å². The van der Waals surface area contributed by atoms with E-state index in [0.717, 1.165) is 16.3 Å². The van der Waals surface area contributed by atoms with Gasteiger partial charge in [-0.15, -0.1) is 0 Å². The van der Waals surface area contributed by atoms with Crippen LogP contribution in [0, 0.1) is 0 Å². The average molecular weight is 319 g/mol. The van der Waals surface area contributed by atoms with Gasteiger partial charge in [-0.25, -0.2) is 13.1 Å². The minimum absolute atomic E-state index is 0.211. The van der Waals surface area contributed by atoms with E-state index in [1.807, 2.05) is 13.8 Å². The van der Waals surface area contributed by atoms with Crippen LogP contribution in [0.25, 0.3) is 10.8 Å². The molecular formula is C16H21N3O2S. The first kappa shape index (κ1) is 16.6. The van der Waals surface area contributed by atoms with E-state index < -0.39 is 10.0 Å². The van der Waals surface area contributed by atoms with Crippen molar-refractivity contribution in [1.29, 1.82) is 0 Å². The molecule has 2 aromatic rings. The maximum atomic E-state index is 12.4. The molecule has 1 aromatic carbocycles. The van der Waals surface area contributed by atoms with E-state index >= 15 is 0 Å². The van der Waals surface area contributed by atoms with Crippen LogP contribution in [0.3, 0.4) is 0 Å². The van der Waals surface area contributed by atoms with Crippen molar-refractivity contribution in [3.8, 4) is 0 Å². The number of fused-ring (bicyclic) bond motifs is 1. The van der Waals surface area contributed by atoms with Crippen LogP contribution in [-0.4, -0.2) is 32.5 Å². The smallest absolute Gasteiger partial charge is 0.240 e. The molecule has 1 aromatic heterocycles. The van der Waals surface area contributed by atoms with Crippen LogP contribution in [0.15, 0.2) is 53.7 Å². The molecule has 0 bridgehead atoms. The number of hydrogen-bond acceptors (Lipinski definition) is 4. The Kier molecular flexibility index (Phi) is 5.28. The summed E-state index contributed by atoms with van der Waals surface area (Å²) in [7, 11) is -3.53. The van der Waals surface area contributed by atoms with Crippen molar-refractivity contribution in [2.45, 2.75) is 24.8 Å². The zero-order valence-electron chi connectivity index (χ0n) is 12.8. The second kappa shape index (κ2) is 7.00. The van der Waals surface area contributed by atoms with Crippen LogP contribution >= 0.6 is 0 Å². The van der Waals surface area contributed by atoms with E-state index in [0.29, 0.717) is 13.1 Å². The van der Waals surface area contributed by atoms with Crippen molar-refractivity contribution in [1.82, 2.24) is 15.0 Å². The SMILES string of the molecule is C=C(C)CNC[C@@H](C)NS(=O)(=O)c1ccc2cnccc2c1. The van der Waals surface area contributed by atoms with Gasteiger partial charge in [0, 0.05) is 36.9 Å². The number of aromatic nitrogens is 1. The van der Waals surface area contributed by atoms with Gasteiger partial charge in [-0.3, -0.25) is 4.98 Å². The Morgan fingerprint density at radius 1 is 1.32 bits per heavy atom. The van der Waals surface area contributed by atoms with Gasteiger partial charge in [-0.2, -0.15) is 0 Å². The fraction of sp³-hybridized carbons (Fsp3) is 0.312. The molecule has 0 aliphatic heterocycles. The Bertz CT molecular complexity index is 772. The van der Waals surface area contributed by atoms with E-state index in [1.54, 1.807) is 36.7 Å². The number of benzene rings is 1.